The van der Waals surface area contributed by atoms with Crippen molar-refractivity contribution in [2.24, 2.45) is 0 Å². The fraction of sp³-hybridized carbons (Fsp3) is 0.286. The number of rotatable bonds is 1. The van der Waals surface area contributed by atoms with Crippen LogP contribution in [0.5, 0.6) is 0 Å². The second-order valence-electron chi connectivity index (χ2n) is 9.44. The van der Waals surface area contributed by atoms with Crippen LogP contribution in [0.2, 0.25) is 0 Å². The Labute approximate surface area is 202 Å². The fourth-order valence-electron chi connectivity index (χ4n) is 5.14. The molecule has 6 nitrogen and oxygen atoms in total. The molecule has 0 spiro atoms. The number of amides is 1. The third-order valence-corrected chi connectivity index (χ3v) is 7.16. The Kier molecular flexibility index (Phi) is 5.19. The van der Waals surface area contributed by atoms with Crippen molar-refractivity contribution >= 4 is 16.8 Å². The Hall–Kier alpha value is -3.89. The van der Waals surface area contributed by atoms with Crippen LogP contribution >= 0.6 is 0 Å². The zero-order chi connectivity index (χ0) is 24.0. The molecule has 0 saturated carbocycles. The summed E-state index contributed by atoms with van der Waals surface area (Å²) in [7, 11) is 0. The quantitative estimate of drug-likeness (QED) is 0.366. The van der Waals surface area contributed by atoms with Crippen LogP contribution in [0, 0.1) is 17.7 Å². The Bertz CT molecular complexity index is 1480. The summed E-state index contributed by atoms with van der Waals surface area (Å²) < 4.78 is 13.1. The number of fused-ring (bicyclic) bond motifs is 5. The molecular formula is C28H25FN4O2. The smallest absolute Gasteiger partial charge is 0.253 e. The van der Waals surface area contributed by atoms with Crippen molar-refractivity contribution < 1.29 is 14.3 Å². The monoisotopic (exact) mass is 468 g/mol. The van der Waals surface area contributed by atoms with Crippen LogP contribution in [0.3, 0.4) is 0 Å². The standard InChI is InChI=1S/C28H25FN4O2/c29-21-7-4-18(5-8-21)10-11-28(35)12-14-33(15-13-28)27(34)19-6-9-24-23(16-19)22-3-1-2-20-17-30-32-25(20)26(22)31-24/h4-9,16-17,31,35H,1-3,12-15H2,(H,30,32). The minimum atomic E-state index is -1.16. The van der Waals surface area contributed by atoms with E-state index in [-0.39, 0.29) is 11.7 Å². The number of hydrogen-bond donors (Lipinski definition) is 3. The van der Waals surface area contributed by atoms with Crippen LogP contribution in [0.4, 0.5) is 4.39 Å². The second kappa shape index (κ2) is 8.40. The Balaban J connectivity index is 1.20. The number of aliphatic hydroxyl groups is 1. The van der Waals surface area contributed by atoms with Gasteiger partial charge in [0.15, 0.2) is 0 Å². The van der Waals surface area contributed by atoms with E-state index in [1.54, 1.807) is 17.0 Å². The van der Waals surface area contributed by atoms with E-state index in [1.807, 2.05) is 24.4 Å². The molecule has 0 bridgehead atoms. The van der Waals surface area contributed by atoms with E-state index in [1.165, 1.54) is 23.3 Å². The van der Waals surface area contributed by atoms with E-state index in [4.69, 9.17) is 0 Å². The zero-order valence-electron chi connectivity index (χ0n) is 19.2. The largest absolute Gasteiger partial charge is 0.377 e. The Morgan fingerprint density at radius 3 is 2.69 bits per heavy atom. The molecule has 0 atom stereocenters. The normalized spacial score (nSPS) is 16.7. The average molecular weight is 469 g/mol. The van der Waals surface area contributed by atoms with Crippen LogP contribution in [0.25, 0.3) is 22.3 Å². The lowest BCUT2D eigenvalue weighted by Crippen LogP contribution is -2.46. The first-order valence-electron chi connectivity index (χ1n) is 12.0. The highest BCUT2D eigenvalue weighted by molar-refractivity contribution is 6.00. The molecule has 1 amide bonds. The van der Waals surface area contributed by atoms with Crippen LogP contribution in [-0.4, -0.2) is 49.8 Å². The van der Waals surface area contributed by atoms with Gasteiger partial charge in [-0.2, -0.15) is 5.10 Å². The molecule has 176 valence electrons. The fourth-order valence-corrected chi connectivity index (χ4v) is 5.14. The SMILES string of the molecule is O=C(c1ccc2[nH]c3c(c2c1)CCCc1cn[nH]c1-3)N1CCC(O)(C#Cc2ccc(F)cc2)CC1. The van der Waals surface area contributed by atoms with Crippen molar-refractivity contribution in [2.75, 3.05) is 13.1 Å². The summed E-state index contributed by atoms with van der Waals surface area (Å²) in [6, 6.07) is 11.7. The number of aryl methyl sites for hydroxylation is 2. The summed E-state index contributed by atoms with van der Waals surface area (Å²) >= 11 is 0. The van der Waals surface area contributed by atoms with Gasteiger partial charge in [-0.3, -0.25) is 9.89 Å². The first-order chi connectivity index (χ1) is 17.0. The summed E-state index contributed by atoms with van der Waals surface area (Å²) in [5, 5.41) is 19.3. The number of likely N-dealkylation sites (tertiary alicyclic amines) is 1. The highest BCUT2D eigenvalue weighted by Crippen LogP contribution is 2.36. The zero-order valence-corrected chi connectivity index (χ0v) is 19.2. The lowest BCUT2D eigenvalue weighted by atomic mass is 9.91. The van der Waals surface area contributed by atoms with Crippen molar-refractivity contribution in [3.63, 3.8) is 0 Å². The highest BCUT2D eigenvalue weighted by atomic mass is 19.1. The number of benzene rings is 2. The van der Waals surface area contributed by atoms with Gasteiger partial charge in [0, 0.05) is 48.0 Å². The van der Waals surface area contributed by atoms with Gasteiger partial charge in [0.05, 0.1) is 17.6 Å². The van der Waals surface area contributed by atoms with Crippen LogP contribution < -0.4 is 0 Å². The van der Waals surface area contributed by atoms with Gasteiger partial charge >= 0.3 is 0 Å². The molecule has 1 fully saturated rings. The number of carbonyl (C=O) groups is 1. The highest BCUT2D eigenvalue weighted by Gasteiger charge is 2.33. The van der Waals surface area contributed by atoms with Crippen LogP contribution in [0.1, 0.15) is 46.3 Å². The molecule has 1 aliphatic carbocycles. The molecule has 1 saturated heterocycles. The van der Waals surface area contributed by atoms with Gasteiger partial charge in [-0.05, 0) is 72.9 Å². The number of aromatic nitrogens is 3. The molecule has 6 rings (SSSR count). The number of hydrogen-bond acceptors (Lipinski definition) is 3. The molecule has 2 aliphatic rings. The minimum absolute atomic E-state index is 0.0359. The lowest BCUT2D eigenvalue weighted by Gasteiger charge is -2.35. The molecule has 0 unspecified atom stereocenters. The lowest BCUT2D eigenvalue weighted by molar-refractivity contribution is 0.0249. The maximum Gasteiger partial charge on any atom is 0.253 e. The number of halogens is 1. The summed E-state index contributed by atoms with van der Waals surface area (Å²) in [4.78, 5) is 18.6. The van der Waals surface area contributed by atoms with Gasteiger partial charge < -0.3 is 15.0 Å². The minimum Gasteiger partial charge on any atom is -0.377 e. The van der Waals surface area contributed by atoms with Crippen molar-refractivity contribution in [3.8, 4) is 23.2 Å². The van der Waals surface area contributed by atoms with Crippen molar-refractivity contribution in [1.82, 2.24) is 20.1 Å². The van der Waals surface area contributed by atoms with E-state index in [9.17, 15) is 14.3 Å². The molecule has 2 aromatic carbocycles. The topological polar surface area (TPSA) is 85.0 Å². The van der Waals surface area contributed by atoms with Crippen LogP contribution in [-0.2, 0) is 12.8 Å². The van der Waals surface area contributed by atoms with Crippen LogP contribution in [0.15, 0.2) is 48.7 Å². The predicted octanol–water partition coefficient (Wildman–Crippen LogP) is 4.20. The van der Waals surface area contributed by atoms with Crippen molar-refractivity contribution in [1.29, 1.82) is 0 Å². The number of H-pyrrole nitrogens is 2. The Morgan fingerprint density at radius 2 is 1.89 bits per heavy atom. The maximum atomic E-state index is 13.3. The predicted molar refractivity (Wildman–Crippen MR) is 131 cm³/mol. The number of carbonyl (C=O) groups excluding carboxylic acids is 1. The molecule has 1 aliphatic heterocycles. The number of nitrogens with zero attached hydrogens (tertiary/aromatic N) is 2. The molecule has 7 heteroatoms. The molecule has 35 heavy (non-hydrogen) atoms. The van der Waals surface area contributed by atoms with Crippen molar-refractivity contribution in [2.45, 2.75) is 37.7 Å². The van der Waals surface area contributed by atoms with Crippen molar-refractivity contribution in [3.05, 3.63) is 76.7 Å². The first-order valence-corrected chi connectivity index (χ1v) is 12.0. The van der Waals surface area contributed by atoms with E-state index < -0.39 is 5.60 Å². The van der Waals surface area contributed by atoms with Gasteiger partial charge in [0.1, 0.15) is 11.4 Å². The first kappa shape index (κ1) is 21.6. The van der Waals surface area contributed by atoms with E-state index >= 15 is 0 Å². The number of piperidine rings is 1. The number of aromatic amines is 2. The molecular weight excluding hydrogens is 443 g/mol. The maximum absolute atomic E-state index is 13.3. The van der Waals surface area contributed by atoms with E-state index in [0.29, 0.717) is 37.1 Å². The Morgan fingerprint density at radius 1 is 1.09 bits per heavy atom. The average Bonchev–Trinajstić information content (AvgIpc) is 3.44. The van der Waals surface area contributed by atoms with Gasteiger partial charge in [0.2, 0.25) is 0 Å². The molecule has 3 N–H and O–H groups in total. The number of nitrogens with one attached hydrogen (secondary N) is 2. The summed E-state index contributed by atoms with van der Waals surface area (Å²) in [5.74, 6) is 5.51. The molecule has 3 heterocycles. The van der Waals surface area contributed by atoms with Gasteiger partial charge in [-0.1, -0.05) is 11.8 Å². The van der Waals surface area contributed by atoms with Gasteiger partial charge in [-0.25, -0.2) is 4.39 Å². The van der Waals surface area contributed by atoms with Gasteiger partial charge in [-0.15, -0.1) is 0 Å². The van der Waals surface area contributed by atoms with E-state index in [2.05, 4.69) is 27.0 Å². The third-order valence-electron chi connectivity index (χ3n) is 7.16. The summed E-state index contributed by atoms with van der Waals surface area (Å²) in [6.45, 7) is 0.850. The molecule has 0 radical (unpaired) electrons. The second-order valence-corrected chi connectivity index (χ2v) is 9.44. The molecule has 2 aromatic heterocycles. The third kappa shape index (κ3) is 4.00. The van der Waals surface area contributed by atoms with E-state index in [0.717, 1.165) is 41.6 Å². The van der Waals surface area contributed by atoms with Gasteiger partial charge in [0.25, 0.3) is 5.91 Å². The summed E-state index contributed by atoms with van der Waals surface area (Å²) in [5.41, 5.74) is 5.70. The summed E-state index contributed by atoms with van der Waals surface area (Å²) in [6.07, 6.45) is 5.60. The molecule has 4 aromatic rings.